The first kappa shape index (κ1) is 12.4. The van der Waals surface area contributed by atoms with Gasteiger partial charge in [-0.25, -0.2) is 0 Å². The van der Waals surface area contributed by atoms with Crippen LogP contribution in [0.5, 0.6) is 0 Å². The predicted octanol–water partition coefficient (Wildman–Crippen LogP) is 1.59. The highest BCUT2D eigenvalue weighted by atomic mass is 16.5. The molecule has 0 saturated heterocycles. The van der Waals surface area contributed by atoms with Crippen LogP contribution in [0, 0.1) is 11.3 Å². The lowest BCUT2D eigenvalue weighted by molar-refractivity contribution is -0.150. The highest BCUT2D eigenvalue weighted by Gasteiger charge is 2.24. The van der Waals surface area contributed by atoms with Crippen molar-refractivity contribution in [1.82, 2.24) is 0 Å². The molecule has 0 heterocycles. The Morgan fingerprint density at radius 3 is 2.31 bits per heavy atom. The number of carbonyl (C=O) groups is 1. The van der Waals surface area contributed by atoms with Crippen molar-refractivity contribution in [2.45, 2.75) is 34.1 Å². The van der Waals surface area contributed by atoms with E-state index in [1.807, 2.05) is 20.8 Å². The molecule has 0 aliphatic heterocycles. The van der Waals surface area contributed by atoms with Crippen LogP contribution in [-0.2, 0) is 9.53 Å². The normalized spacial score (nSPS) is 13.9. The molecule has 1 atom stereocenters. The molecule has 0 aliphatic carbocycles. The summed E-state index contributed by atoms with van der Waals surface area (Å²) in [6.07, 6.45) is 0.655. The van der Waals surface area contributed by atoms with E-state index in [-0.39, 0.29) is 23.9 Å². The lowest BCUT2D eigenvalue weighted by Gasteiger charge is -2.23. The molecule has 0 rings (SSSR count). The van der Waals surface area contributed by atoms with Gasteiger partial charge in [-0.2, -0.15) is 0 Å². The van der Waals surface area contributed by atoms with Crippen LogP contribution in [0.2, 0.25) is 0 Å². The first-order chi connectivity index (χ1) is 5.90. The first-order valence-corrected chi connectivity index (χ1v) is 4.68. The number of hydrogen-bond acceptors (Lipinski definition) is 3. The molecule has 0 fully saturated rings. The van der Waals surface area contributed by atoms with E-state index in [0.29, 0.717) is 13.0 Å². The third-order valence-corrected chi connectivity index (χ3v) is 1.70. The Kier molecular flexibility index (Phi) is 4.99. The van der Waals surface area contributed by atoms with Gasteiger partial charge in [-0.15, -0.1) is 0 Å². The minimum atomic E-state index is -0.375. The summed E-state index contributed by atoms with van der Waals surface area (Å²) in [5.74, 6) is -0.667. The molecule has 0 bridgehead atoms. The van der Waals surface area contributed by atoms with Crippen molar-refractivity contribution >= 4 is 5.97 Å². The van der Waals surface area contributed by atoms with Gasteiger partial charge in [0.15, 0.2) is 0 Å². The molecule has 0 aromatic heterocycles. The number of hydrogen-bond donors (Lipinski definition) is 1. The van der Waals surface area contributed by atoms with Crippen LogP contribution in [0.3, 0.4) is 0 Å². The van der Waals surface area contributed by atoms with Crippen LogP contribution in [-0.4, -0.2) is 24.3 Å². The smallest absolute Gasteiger partial charge is 0.311 e. The molecule has 0 amide bonds. The van der Waals surface area contributed by atoms with Gasteiger partial charge in [0.2, 0.25) is 0 Å². The average Bonchev–Trinajstić information content (AvgIpc) is 1.99. The van der Waals surface area contributed by atoms with E-state index in [1.54, 1.807) is 6.92 Å². The number of rotatable bonds is 4. The van der Waals surface area contributed by atoms with Crippen LogP contribution in [0.1, 0.15) is 34.1 Å². The highest BCUT2D eigenvalue weighted by molar-refractivity contribution is 5.72. The molecule has 0 radical (unpaired) electrons. The van der Waals surface area contributed by atoms with E-state index >= 15 is 0 Å². The van der Waals surface area contributed by atoms with Gasteiger partial charge >= 0.3 is 5.97 Å². The topological polar surface area (TPSA) is 46.5 Å². The Hall–Kier alpha value is -0.570. The average molecular weight is 188 g/mol. The highest BCUT2D eigenvalue weighted by Crippen LogP contribution is 2.24. The number of carbonyl (C=O) groups excluding carboxylic acids is 1. The predicted molar refractivity (Wildman–Crippen MR) is 51.3 cm³/mol. The van der Waals surface area contributed by atoms with Crippen molar-refractivity contribution < 1.29 is 14.6 Å². The lowest BCUT2D eigenvalue weighted by Crippen LogP contribution is -2.26. The molecule has 1 N–H and O–H groups in total. The van der Waals surface area contributed by atoms with E-state index in [4.69, 9.17) is 9.84 Å². The van der Waals surface area contributed by atoms with E-state index in [0.717, 1.165) is 0 Å². The Bertz CT molecular complexity index is 158. The van der Waals surface area contributed by atoms with Crippen LogP contribution in [0.4, 0.5) is 0 Å². The quantitative estimate of drug-likeness (QED) is 0.681. The van der Waals surface area contributed by atoms with E-state index < -0.39 is 0 Å². The number of aliphatic hydroxyl groups is 1. The molecule has 0 aromatic rings. The molecule has 3 heteroatoms. The zero-order chi connectivity index (χ0) is 10.5. The SMILES string of the molecule is CCOC(=O)[C@@H](CO)CC(C)(C)C. The Balaban J connectivity index is 4.10. The monoisotopic (exact) mass is 188 g/mol. The van der Waals surface area contributed by atoms with Crippen LogP contribution < -0.4 is 0 Å². The fourth-order valence-electron chi connectivity index (χ4n) is 1.22. The van der Waals surface area contributed by atoms with E-state index in [9.17, 15) is 4.79 Å². The van der Waals surface area contributed by atoms with Gasteiger partial charge in [0.25, 0.3) is 0 Å². The second-order valence-corrected chi connectivity index (χ2v) is 4.40. The molecular formula is C10H20O3. The van der Waals surface area contributed by atoms with Gasteiger partial charge in [0.1, 0.15) is 0 Å². The summed E-state index contributed by atoms with van der Waals surface area (Å²) in [5.41, 5.74) is 0.0418. The lowest BCUT2D eigenvalue weighted by atomic mass is 9.85. The maximum atomic E-state index is 11.3. The molecule has 0 saturated carbocycles. The number of ether oxygens (including phenoxy) is 1. The van der Waals surface area contributed by atoms with Crippen LogP contribution in [0.15, 0.2) is 0 Å². The minimum Gasteiger partial charge on any atom is -0.466 e. The zero-order valence-corrected chi connectivity index (χ0v) is 8.96. The van der Waals surface area contributed by atoms with Gasteiger partial charge < -0.3 is 9.84 Å². The summed E-state index contributed by atoms with van der Waals surface area (Å²) < 4.78 is 4.84. The zero-order valence-electron chi connectivity index (χ0n) is 8.96. The van der Waals surface area contributed by atoms with E-state index in [1.165, 1.54) is 0 Å². The van der Waals surface area contributed by atoms with Crippen molar-refractivity contribution in [1.29, 1.82) is 0 Å². The van der Waals surface area contributed by atoms with Crippen molar-refractivity contribution in [3.05, 3.63) is 0 Å². The molecule has 13 heavy (non-hydrogen) atoms. The maximum absolute atomic E-state index is 11.3. The minimum absolute atomic E-state index is 0.0418. The van der Waals surface area contributed by atoms with Gasteiger partial charge in [-0.1, -0.05) is 20.8 Å². The standard InChI is InChI=1S/C10H20O3/c1-5-13-9(12)8(7-11)6-10(2,3)4/h8,11H,5-7H2,1-4H3/t8-/m1/s1. The summed E-state index contributed by atoms with van der Waals surface area (Å²) in [7, 11) is 0. The summed E-state index contributed by atoms with van der Waals surface area (Å²) >= 11 is 0. The summed E-state index contributed by atoms with van der Waals surface area (Å²) in [6, 6.07) is 0. The largest absolute Gasteiger partial charge is 0.466 e. The summed E-state index contributed by atoms with van der Waals surface area (Å²) in [5, 5.41) is 8.99. The van der Waals surface area contributed by atoms with Gasteiger partial charge in [0, 0.05) is 0 Å². The molecule has 78 valence electrons. The molecule has 0 unspecified atom stereocenters. The van der Waals surface area contributed by atoms with Gasteiger partial charge in [-0.3, -0.25) is 4.79 Å². The fourth-order valence-corrected chi connectivity index (χ4v) is 1.22. The molecule has 0 spiro atoms. The fraction of sp³-hybridized carbons (Fsp3) is 0.900. The van der Waals surface area contributed by atoms with Crippen LogP contribution >= 0.6 is 0 Å². The van der Waals surface area contributed by atoms with E-state index in [2.05, 4.69) is 0 Å². The summed E-state index contributed by atoms with van der Waals surface area (Å²) in [4.78, 5) is 11.3. The third-order valence-electron chi connectivity index (χ3n) is 1.70. The summed E-state index contributed by atoms with van der Waals surface area (Å²) in [6.45, 7) is 8.12. The number of aliphatic hydroxyl groups excluding tert-OH is 1. The molecule has 0 aliphatic rings. The van der Waals surface area contributed by atoms with Crippen molar-refractivity contribution in [2.24, 2.45) is 11.3 Å². The molecular weight excluding hydrogens is 168 g/mol. The second-order valence-electron chi connectivity index (χ2n) is 4.40. The Morgan fingerprint density at radius 1 is 1.46 bits per heavy atom. The Morgan fingerprint density at radius 2 is 2.00 bits per heavy atom. The second kappa shape index (κ2) is 5.22. The number of esters is 1. The van der Waals surface area contributed by atoms with Crippen molar-refractivity contribution in [3.8, 4) is 0 Å². The van der Waals surface area contributed by atoms with Crippen LogP contribution in [0.25, 0.3) is 0 Å². The van der Waals surface area contributed by atoms with Crippen molar-refractivity contribution in [3.63, 3.8) is 0 Å². The van der Waals surface area contributed by atoms with Gasteiger partial charge in [-0.05, 0) is 18.8 Å². The first-order valence-electron chi connectivity index (χ1n) is 4.68. The Labute approximate surface area is 80.1 Å². The molecule has 0 aromatic carbocycles. The maximum Gasteiger partial charge on any atom is 0.311 e. The third kappa shape index (κ3) is 5.64. The van der Waals surface area contributed by atoms with Gasteiger partial charge in [0.05, 0.1) is 19.1 Å². The molecule has 3 nitrogen and oxygen atoms in total. The van der Waals surface area contributed by atoms with Crippen molar-refractivity contribution in [2.75, 3.05) is 13.2 Å².